The second kappa shape index (κ2) is 13.4. The van der Waals surface area contributed by atoms with Gasteiger partial charge in [-0.05, 0) is 0 Å². The maximum absolute atomic E-state index is 3.66. The quantitative estimate of drug-likeness (QED) is 0.397. The summed E-state index contributed by atoms with van der Waals surface area (Å²) in [7, 11) is 5.80. The molecule has 0 aromatic heterocycles. The van der Waals surface area contributed by atoms with E-state index in [1.807, 2.05) is 44.8 Å². The van der Waals surface area contributed by atoms with Crippen LogP contribution in [0.2, 0.25) is 0 Å². The van der Waals surface area contributed by atoms with Gasteiger partial charge in [0.15, 0.2) is 0 Å². The molecule has 0 saturated carbocycles. The molecule has 0 N–H and O–H groups in total. The number of hydrogen-bond acceptors (Lipinski definition) is 3. The van der Waals surface area contributed by atoms with Crippen LogP contribution in [-0.2, 0) is 0 Å². The van der Waals surface area contributed by atoms with Crippen molar-refractivity contribution >= 4 is 42.6 Å². The Labute approximate surface area is 114 Å². The fraction of sp³-hybridized carbons (Fsp3) is 0. The Kier molecular flexibility index (Phi) is 13.6. The van der Waals surface area contributed by atoms with Gasteiger partial charge in [0.25, 0.3) is 0 Å². The summed E-state index contributed by atoms with van der Waals surface area (Å²) < 4.78 is 0. The molecule has 0 spiro atoms. The van der Waals surface area contributed by atoms with E-state index in [-0.39, 0.29) is 0 Å². The third-order valence-electron chi connectivity index (χ3n) is 1.08. The monoisotopic (exact) mass is 376 g/mol. The van der Waals surface area contributed by atoms with Gasteiger partial charge in [0, 0.05) is 0 Å². The summed E-state index contributed by atoms with van der Waals surface area (Å²) in [6.07, 6.45) is 11.4. The average molecular weight is 377 g/mol. The van der Waals surface area contributed by atoms with Crippen molar-refractivity contribution in [2.75, 3.05) is 0 Å². The van der Waals surface area contributed by atoms with Crippen LogP contribution in [0.3, 0.4) is 0 Å². The van der Waals surface area contributed by atoms with Gasteiger partial charge >= 0.3 is 115 Å². The van der Waals surface area contributed by atoms with Crippen LogP contribution in [0, 0.1) is 0 Å². The zero-order valence-corrected chi connectivity index (χ0v) is 14.0. The molecule has 0 unspecified atom stereocenters. The van der Waals surface area contributed by atoms with Crippen molar-refractivity contribution in [2.24, 2.45) is 0 Å². The van der Waals surface area contributed by atoms with Gasteiger partial charge in [-0.15, -0.1) is 0 Å². The molecule has 0 heterocycles. The number of allylic oxidation sites excluding steroid dienone is 6. The fourth-order valence-electron chi connectivity index (χ4n) is 0.496. The SMILES string of the molecule is C=CC=C[S][Sb]([S]C=CC=C)[S]C=CC=C. The van der Waals surface area contributed by atoms with Crippen LogP contribution in [0.1, 0.15) is 0 Å². The Balaban J connectivity index is 4.13. The summed E-state index contributed by atoms with van der Waals surface area (Å²) in [5, 5.41) is 6.37. The van der Waals surface area contributed by atoms with Gasteiger partial charge in [0.2, 0.25) is 0 Å². The zero-order valence-electron chi connectivity index (χ0n) is 8.99. The Morgan fingerprint density at radius 1 is 0.625 bits per heavy atom. The third kappa shape index (κ3) is 10.8. The fourth-order valence-corrected chi connectivity index (χ4v) is 16.1. The molecule has 0 aliphatic heterocycles. The molecule has 0 saturated heterocycles. The van der Waals surface area contributed by atoms with Crippen molar-refractivity contribution in [3.63, 3.8) is 0 Å². The van der Waals surface area contributed by atoms with E-state index in [9.17, 15) is 0 Å². The minimum absolute atomic E-state index is 1.42. The van der Waals surface area contributed by atoms with E-state index in [2.05, 4.69) is 36.0 Å². The normalized spacial score (nSPS) is 11.8. The summed E-state index contributed by atoms with van der Waals surface area (Å²) in [5.74, 6) is 0. The molecular formula is C12H15S3Sb. The van der Waals surface area contributed by atoms with Crippen molar-refractivity contribution in [1.82, 2.24) is 0 Å². The molecule has 0 rings (SSSR count). The second-order valence-electron chi connectivity index (χ2n) is 2.23. The standard InChI is InChI=1S/3C4H6S.Sb/c3*1-2-3-4-5;/h3*2-5H,1H2;/q;;;+3/p-3. The summed E-state index contributed by atoms with van der Waals surface area (Å²) >= 11 is -1.42. The van der Waals surface area contributed by atoms with Crippen LogP contribution in [-0.4, -0.2) is 16.0 Å². The molecule has 86 valence electrons. The van der Waals surface area contributed by atoms with Crippen LogP contribution in [0.5, 0.6) is 0 Å². The number of hydrogen-bond donors (Lipinski definition) is 0. The average Bonchev–Trinajstić information content (AvgIpc) is 2.29. The topological polar surface area (TPSA) is 0 Å². The first-order valence-electron chi connectivity index (χ1n) is 4.48. The summed E-state index contributed by atoms with van der Waals surface area (Å²) in [6.45, 7) is 11.0. The molecule has 0 aliphatic carbocycles. The Morgan fingerprint density at radius 3 is 1.19 bits per heavy atom. The number of rotatable bonds is 9. The maximum atomic E-state index is 3.66. The molecule has 0 radical (unpaired) electrons. The zero-order chi connectivity index (χ0) is 12.1. The van der Waals surface area contributed by atoms with Gasteiger partial charge in [-0.1, -0.05) is 0 Å². The molecule has 4 heteroatoms. The second-order valence-corrected chi connectivity index (χ2v) is 22.4. The van der Waals surface area contributed by atoms with Gasteiger partial charge in [-0.25, -0.2) is 0 Å². The van der Waals surface area contributed by atoms with Crippen LogP contribution in [0.25, 0.3) is 0 Å². The minimum atomic E-state index is -1.42. The van der Waals surface area contributed by atoms with Crippen LogP contribution in [0.4, 0.5) is 0 Å². The molecule has 0 aromatic rings. The van der Waals surface area contributed by atoms with Crippen LogP contribution in [0.15, 0.2) is 72.4 Å². The van der Waals surface area contributed by atoms with E-state index in [0.29, 0.717) is 0 Å². The van der Waals surface area contributed by atoms with E-state index in [1.54, 1.807) is 18.2 Å². The van der Waals surface area contributed by atoms with Gasteiger partial charge in [-0.3, -0.25) is 0 Å². The first kappa shape index (κ1) is 16.3. The molecule has 0 aliphatic rings. The van der Waals surface area contributed by atoms with E-state index < -0.39 is 16.0 Å². The third-order valence-corrected chi connectivity index (χ3v) is 20.4. The molecule has 0 amide bonds. The van der Waals surface area contributed by atoms with Gasteiger partial charge in [0.1, 0.15) is 0 Å². The first-order valence-corrected chi connectivity index (χ1v) is 16.4. The molecule has 0 nitrogen and oxygen atoms in total. The van der Waals surface area contributed by atoms with Crippen LogP contribution < -0.4 is 0 Å². The summed E-state index contributed by atoms with van der Waals surface area (Å²) in [6, 6.07) is 0. The Hall–Kier alpha value is 0.308. The van der Waals surface area contributed by atoms with E-state index >= 15 is 0 Å². The van der Waals surface area contributed by atoms with Crippen molar-refractivity contribution in [2.45, 2.75) is 0 Å². The van der Waals surface area contributed by atoms with Gasteiger partial charge < -0.3 is 0 Å². The van der Waals surface area contributed by atoms with Gasteiger partial charge in [0.05, 0.1) is 0 Å². The van der Waals surface area contributed by atoms with Crippen molar-refractivity contribution in [3.05, 3.63) is 72.4 Å². The molecule has 0 bridgehead atoms. The Morgan fingerprint density at radius 2 is 0.938 bits per heavy atom. The Bertz CT molecular complexity index is 245. The molecule has 0 atom stereocenters. The predicted molar refractivity (Wildman–Crippen MR) is 86.5 cm³/mol. The summed E-state index contributed by atoms with van der Waals surface area (Å²) in [4.78, 5) is 0. The van der Waals surface area contributed by atoms with Gasteiger partial charge in [-0.2, -0.15) is 0 Å². The molecule has 0 aromatic carbocycles. The molecule has 16 heavy (non-hydrogen) atoms. The predicted octanol–water partition coefficient (Wildman–Crippen LogP) is 5.27. The summed E-state index contributed by atoms with van der Waals surface area (Å²) in [5.41, 5.74) is 0. The van der Waals surface area contributed by atoms with Crippen molar-refractivity contribution in [1.29, 1.82) is 0 Å². The van der Waals surface area contributed by atoms with Crippen LogP contribution >= 0.6 is 26.5 Å². The van der Waals surface area contributed by atoms with E-state index in [4.69, 9.17) is 0 Å². The van der Waals surface area contributed by atoms with Crippen molar-refractivity contribution < 1.29 is 0 Å². The van der Waals surface area contributed by atoms with E-state index in [1.165, 1.54) is 0 Å². The molecule has 0 fully saturated rings. The van der Waals surface area contributed by atoms with Crippen molar-refractivity contribution in [3.8, 4) is 0 Å². The first-order chi connectivity index (χ1) is 7.85. The van der Waals surface area contributed by atoms with E-state index in [0.717, 1.165) is 0 Å². The molecular weight excluding hydrogens is 362 g/mol.